The Morgan fingerprint density at radius 2 is 1.79 bits per heavy atom. The lowest BCUT2D eigenvalue weighted by Crippen LogP contribution is -2.28. The number of nitrogens with zero attached hydrogens (tertiary/aromatic N) is 2. The van der Waals surface area contributed by atoms with Crippen molar-refractivity contribution in [3.63, 3.8) is 0 Å². The molecule has 0 saturated carbocycles. The van der Waals surface area contributed by atoms with Gasteiger partial charge in [-0.15, -0.1) is 0 Å². The first-order chi connectivity index (χ1) is 11.5. The molecule has 0 spiro atoms. The summed E-state index contributed by atoms with van der Waals surface area (Å²) in [6.07, 6.45) is 1.23. The Morgan fingerprint density at radius 3 is 2.54 bits per heavy atom. The summed E-state index contributed by atoms with van der Waals surface area (Å²) in [6, 6.07) is 12.9. The maximum atomic E-state index is 6.60. The van der Waals surface area contributed by atoms with Crippen molar-refractivity contribution >= 4 is 27.5 Å². The van der Waals surface area contributed by atoms with E-state index in [1.807, 2.05) is 0 Å². The molecular weight excluding hydrogens is 384 g/mol. The fraction of sp³-hybridized carbons (Fsp3) is 0.400. The summed E-state index contributed by atoms with van der Waals surface area (Å²) in [7, 11) is 2.20. The molecular formula is C20H24BrClN2. The second kappa shape index (κ2) is 8.01. The van der Waals surface area contributed by atoms with E-state index < -0.39 is 0 Å². The number of hydrogen-bond donors (Lipinski definition) is 0. The predicted molar refractivity (Wildman–Crippen MR) is 107 cm³/mol. The van der Waals surface area contributed by atoms with Crippen LogP contribution in [0.2, 0.25) is 5.02 Å². The number of likely N-dealkylation sites (N-methyl/N-ethyl adjacent to an activating group) is 1. The molecule has 1 fully saturated rings. The van der Waals surface area contributed by atoms with Crippen LogP contribution in [0.5, 0.6) is 0 Å². The quantitative estimate of drug-likeness (QED) is 0.688. The van der Waals surface area contributed by atoms with E-state index in [9.17, 15) is 0 Å². The normalized spacial score (nSPS) is 17.0. The van der Waals surface area contributed by atoms with Crippen LogP contribution in [0.4, 0.5) is 0 Å². The molecule has 24 heavy (non-hydrogen) atoms. The molecule has 2 aromatic carbocycles. The van der Waals surface area contributed by atoms with E-state index in [4.69, 9.17) is 11.6 Å². The van der Waals surface area contributed by atoms with E-state index in [1.165, 1.54) is 24.1 Å². The van der Waals surface area contributed by atoms with Crippen LogP contribution in [0.25, 0.3) is 11.1 Å². The summed E-state index contributed by atoms with van der Waals surface area (Å²) in [5, 5.41) is 0.823. The molecule has 0 aromatic heterocycles. The highest BCUT2D eigenvalue weighted by Gasteiger charge is 2.14. The van der Waals surface area contributed by atoms with E-state index in [1.54, 1.807) is 0 Å². The number of aryl methyl sites for hydroxylation is 1. The van der Waals surface area contributed by atoms with Gasteiger partial charge in [0.15, 0.2) is 0 Å². The first kappa shape index (κ1) is 17.9. The van der Waals surface area contributed by atoms with Gasteiger partial charge in [-0.25, -0.2) is 0 Å². The van der Waals surface area contributed by atoms with Crippen molar-refractivity contribution in [2.75, 3.05) is 33.2 Å². The van der Waals surface area contributed by atoms with Crippen molar-refractivity contribution < 1.29 is 0 Å². The third-order valence-electron chi connectivity index (χ3n) is 4.67. The van der Waals surface area contributed by atoms with Crippen molar-refractivity contribution in [1.82, 2.24) is 9.80 Å². The molecule has 0 N–H and O–H groups in total. The summed E-state index contributed by atoms with van der Waals surface area (Å²) < 4.78 is 1.09. The minimum absolute atomic E-state index is 0.823. The van der Waals surface area contributed by atoms with Gasteiger partial charge in [0, 0.05) is 34.7 Å². The Morgan fingerprint density at radius 1 is 1.00 bits per heavy atom. The smallest absolute Gasteiger partial charge is 0.0488 e. The molecule has 4 heteroatoms. The molecule has 1 heterocycles. The van der Waals surface area contributed by atoms with Crippen LogP contribution in [0.15, 0.2) is 40.9 Å². The van der Waals surface area contributed by atoms with Gasteiger partial charge in [0.05, 0.1) is 0 Å². The summed E-state index contributed by atoms with van der Waals surface area (Å²) in [5.41, 5.74) is 4.76. The molecule has 2 nitrogen and oxygen atoms in total. The van der Waals surface area contributed by atoms with Crippen molar-refractivity contribution in [2.45, 2.75) is 19.9 Å². The fourth-order valence-corrected chi connectivity index (χ4v) is 4.24. The summed E-state index contributed by atoms with van der Waals surface area (Å²) in [6.45, 7) is 7.69. The van der Waals surface area contributed by atoms with Crippen molar-refractivity contribution in [3.8, 4) is 11.1 Å². The lowest BCUT2D eigenvalue weighted by Gasteiger charge is -2.20. The third kappa shape index (κ3) is 4.40. The first-order valence-electron chi connectivity index (χ1n) is 8.49. The lowest BCUT2D eigenvalue weighted by atomic mass is 10.0. The van der Waals surface area contributed by atoms with E-state index in [0.29, 0.717) is 0 Å². The van der Waals surface area contributed by atoms with Crippen LogP contribution in [-0.4, -0.2) is 43.0 Å². The van der Waals surface area contributed by atoms with Crippen LogP contribution in [0.1, 0.15) is 17.5 Å². The van der Waals surface area contributed by atoms with Crippen LogP contribution >= 0.6 is 27.5 Å². The van der Waals surface area contributed by atoms with Gasteiger partial charge >= 0.3 is 0 Å². The highest BCUT2D eigenvalue weighted by molar-refractivity contribution is 9.10. The molecule has 0 atom stereocenters. The SMILES string of the molecule is Cc1ccc(-c2ccc(CN3CCCN(C)CC3)cc2Cl)c(Br)c1. The van der Waals surface area contributed by atoms with Crippen molar-refractivity contribution in [1.29, 1.82) is 0 Å². The highest BCUT2D eigenvalue weighted by Crippen LogP contribution is 2.34. The van der Waals surface area contributed by atoms with Gasteiger partial charge in [0.1, 0.15) is 0 Å². The standard InChI is InChI=1S/C20H24BrClN2/c1-15-4-6-17(19(21)12-15)18-7-5-16(13-20(18)22)14-24-9-3-8-23(2)10-11-24/h4-7,12-13H,3,8-11,14H2,1-2H3. The van der Waals surface area contributed by atoms with Gasteiger partial charge in [0.2, 0.25) is 0 Å². The molecule has 3 rings (SSSR count). The van der Waals surface area contributed by atoms with E-state index in [-0.39, 0.29) is 0 Å². The van der Waals surface area contributed by atoms with E-state index >= 15 is 0 Å². The maximum absolute atomic E-state index is 6.60. The van der Waals surface area contributed by atoms with Gasteiger partial charge in [0.25, 0.3) is 0 Å². The number of benzene rings is 2. The molecule has 1 aliphatic rings. The second-order valence-electron chi connectivity index (χ2n) is 6.73. The molecule has 1 saturated heterocycles. The predicted octanol–water partition coefficient (Wildman–Crippen LogP) is 5.22. The van der Waals surface area contributed by atoms with E-state index in [2.05, 4.69) is 76.1 Å². The molecule has 0 radical (unpaired) electrons. The molecule has 0 bridgehead atoms. The van der Waals surface area contributed by atoms with Crippen molar-refractivity contribution in [3.05, 3.63) is 57.0 Å². The Labute approximate surface area is 158 Å². The van der Waals surface area contributed by atoms with Gasteiger partial charge in [-0.05, 0) is 62.3 Å². The summed E-state index contributed by atoms with van der Waals surface area (Å²) >= 11 is 10.3. The van der Waals surface area contributed by atoms with Crippen LogP contribution < -0.4 is 0 Å². The Bertz CT molecular complexity index is 717. The minimum atomic E-state index is 0.823. The topological polar surface area (TPSA) is 6.48 Å². The average Bonchev–Trinajstić information content (AvgIpc) is 2.73. The fourth-order valence-electron chi connectivity index (χ4n) is 3.23. The molecule has 128 valence electrons. The molecule has 2 aromatic rings. The van der Waals surface area contributed by atoms with E-state index in [0.717, 1.165) is 46.8 Å². The molecule has 1 aliphatic heterocycles. The maximum Gasteiger partial charge on any atom is 0.0488 e. The third-order valence-corrected chi connectivity index (χ3v) is 5.64. The number of halogens is 2. The van der Waals surface area contributed by atoms with Crippen molar-refractivity contribution in [2.24, 2.45) is 0 Å². The van der Waals surface area contributed by atoms with Gasteiger partial charge in [-0.3, -0.25) is 4.90 Å². The lowest BCUT2D eigenvalue weighted by molar-refractivity contribution is 0.269. The Balaban J connectivity index is 1.77. The zero-order valence-electron chi connectivity index (χ0n) is 14.4. The number of rotatable bonds is 3. The average molecular weight is 408 g/mol. The minimum Gasteiger partial charge on any atom is -0.305 e. The number of hydrogen-bond acceptors (Lipinski definition) is 2. The van der Waals surface area contributed by atoms with Gasteiger partial charge < -0.3 is 4.90 Å². The van der Waals surface area contributed by atoms with Crippen LogP contribution in [-0.2, 0) is 6.54 Å². The van der Waals surface area contributed by atoms with Gasteiger partial charge in [-0.1, -0.05) is 51.8 Å². The Kier molecular flexibility index (Phi) is 5.98. The molecule has 0 aliphatic carbocycles. The van der Waals surface area contributed by atoms with Crippen LogP contribution in [0.3, 0.4) is 0 Å². The van der Waals surface area contributed by atoms with Crippen LogP contribution in [0, 0.1) is 6.92 Å². The highest BCUT2D eigenvalue weighted by atomic mass is 79.9. The molecule has 0 amide bonds. The Hall–Kier alpha value is -0.870. The first-order valence-corrected chi connectivity index (χ1v) is 9.66. The summed E-state index contributed by atoms with van der Waals surface area (Å²) in [5.74, 6) is 0. The molecule has 0 unspecified atom stereocenters. The second-order valence-corrected chi connectivity index (χ2v) is 7.99. The zero-order valence-corrected chi connectivity index (χ0v) is 16.7. The zero-order chi connectivity index (χ0) is 17.1. The monoisotopic (exact) mass is 406 g/mol. The largest absolute Gasteiger partial charge is 0.305 e. The summed E-state index contributed by atoms with van der Waals surface area (Å²) in [4.78, 5) is 4.93. The van der Waals surface area contributed by atoms with Gasteiger partial charge in [-0.2, -0.15) is 0 Å².